The predicted molar refractivity (Wildman–Crippen MR) is 126 cm³/mol. The van der Waals surface area contributed by atoms with Crippen LogP contribution < -0.4 is 10.6 Å². The number of urea groups is 1. The van der Waals surface area contributed by atoms with Crippen LogP contribution in [0.1, 0.15) is 49.1 Å². The molecule has 3 aromatic rings. The Bertz CT molecular complexity index is 1180. The first kappa shape index (κ1) is 21.2. The predicted octanol–water partition coefficient (Wildman–Crippen LogP) is 3.67. The molecule has 5 rings (SSSR count). The number of H-pyrrole nitrogens is 1. The lowest BCUT2D eigenvalue weighted by Crippen LogP contribution is -2.49. The van der Waals surface area contributed by atoms with Gasteiger partial charge in [0.05, 0.1) is 0 Å². The SMILES string of the molecule is O=C(CN1C(=O)NC2(CCCCC2)C1=O)NCC(c1ccccc1)c1c[nH]c2ccccc12. The van der Waals surface area contributed by atoms with E-state index in [4.69, 9.17) is 0 Å². The van der Waals surface area contributed by atoms with Crippen LogP contribution in [0.25, 0.3) is 10.9 Å². The second-order valence-corrected chi connectivity index (χ2v) is 9.02. The minimum Gasteiger partial charge on any atom is -0.361 e. The van der Waals surface area contributed by atoms with Crippen LogP contribution >= 0.6 is 0 Å². The quantitative estimate of drug-likeness (QED) is 0.507. The number of aromatic amines is 1. The molecule has 1 aliphatic heterocycles. The maximum absolute atomic E-state index is 13.0. The Hall–Kier alpha value is -3.61. The smallest absolute Gasteiger partial charge is 0.325 e. The lowest BCUT2D eigenvalue weighted by molar-refractivity contribution is -0.135. The Morgan fingerprint density at radius 3 is 2.52 bits per heavy atom. The van der Waals surface area contributed by atoms with Crippen LogP contribution in [-0.4, -0.2) is 46.4 Å². The van der Waals surface area contributed by atoms with Gasteiger partial charge in [0.1, 0.15) is 12.1 Å². The molecule has 1 atom stereocenters. The highest BCUT2D eigenvalue weighted by Gasteiger charge is 2.51. The minimum atomic E-state index is -0.813. The molecule has 0 radical (unpaired) electrons. The zero-order valence-electron chi connectivity index (χ0n) is 18.5. The molecule has 4 amide bonds. The molecule has 170 valence electrons. The van der Waals surface area contributed by atoms with E-state index in [9.17, 15) is 14.4 Å². The summed E-state index contributed by atoms with van der Waals surface area (Å²) in [5.41, 5.74) is 2.40. The number of hydrogen-bond donors (Lipinski definition) is 3. The Morgan fingerprint density at radius 1 is 1.00 bits per heavy atom. The number of benzene rings is 2. The van der Waals surface area contributed by atoms with Crippen molar-refractivity contribution in [2.45, 2.75) is 43.6 Å². The highest BCUT2D eigenvalue weighted by atomic mass is 16.2. The third kappa shape index (κ3) is 3.99. The van der Waals surface area contributed by atoms with Crippen LogP contribution in [0.15, 0.2) is 60.8 Å². The zero-order chi connectivity index (χ0) is 22.8. The van der Waals surface area contributed by atoms with Crippen LogP contribution in [0.5, 0.6) is 0 Å². The number of carbonyl (C=O) groups excluding carboxylic acids is 3. The van der Waals surface area contributed by atoms with Crippen molar-refractivity contribution in [2.75, 3.05) is 13.1 Å². The van der Waals surface area contributed by atoms with Crippen molar-refractivity contribution < 1.29 is 14.4 Å². The van der Waals surface area contributed by atoms with Crippen molar-refractivity contribution in [3.8, 4) is 0 Å². The van der Waals surface area contributed by atoms with Crippen molar-refractivity contribution in [1.82, 2.24) is 20.5 Å². The average molecular weight is 445 g/mol. The molecule has 1 spiro atoms. The number of para-hydroxylation sites is 1. The van der Waals surface area contributed by atoms with Crippen LogP contribution in [0.4, 0.5) is 4.79 Å². The van der Waals surface area contributed by atoms with E-state index in [0.29, 0.717) is 19.4 Å². The number of imide groups is 1. The number of nitrogens with one attached hydrogen (secondary N) is 3. The van der Waals surface area contributed by atoms with Crippen molar-refractivity contribution in [3.63, 3.8) is 0 Å². The molecule has 2 heterocycles. The summed E-state index contributed by atoms with van der Waals surface area (Å²) in [5.74, 6) is -0.676. The van der Waals surface area contributed by atoms with Crippen LogP contribution in [0.2, 0.25) is 0 Å². The fraction of sp³-hybridized carbons (Fsp3) is 0.346. The molecule has 1 saturated heterocycles. The fourth-order valence-electron chi connectivity index (χ4n) is 5.20. The van der Waals surface area contributed by atoms with E-state index in [2.05, 4.69) is 21.7 Å². The molecule has 3 N–H and O–H groups in total. The molecule has 1 aromatic heterocycles. The van der Waals surface area contributed by atoms with E-state index in [1.807, 2.05) is 54.7 Å². The standard InChI is InChI=1S/C26H28N4O3/c31-23(17-30-24(32)26(29-25(30)33)13-7-2-8-14-26)28-15-20(18-9-3-1-4-10-18)21-16-27-22-12-6-5-11-19(21)22/h1,3-6,9-12,16,20,27H,2,7-8,13-15,17H2,(H,28,31)(H,29,33). The maximum Gasteiger partial charge on any atom is 0.325 e. The molecule has 1 aliphatic carbocycles. The molecular weight excluding hydrogens is 416 g/mol. The molecule has 1 saturated carbocycles. The van der Waals surface area contributed by atoms with Crippen molar-refractivity contribution in [3.05, 3.63) is 71.9 Å². The first-order chi connectivity index (χ1) is 16.1. The summed E-state index contributed by atoms with van der Waals surface area (Å²) in [7, 11) is 0. The molecule has 2 aliphatic rings. The molecule has 2 fully saturated rings. The molecule has 0 bridgehead atoms. The topological polar surface area (TPSA) is 94.3 Å². The highest BCUT2D eigenvalue weighted by Crippen LogP contribution is 2.34. The lowest BCUT2D eigenvalue weighted by atomic mass is 9.82. The third-order valence-corrected chi connectivity index (χ3v) is 6.96. The first-order valence-electron chi connectivity index (χ1n) is 11.6. The zero-order valence-corrected chi connectivity index (χ0v) is 18.5. The minimum absolute atomic E-state index is 0.0703. The molecular formula is C26H28N4O3. The van der Waals surface area contributed by atoms with E-state index in [0.717, 1.165) is 46.2 Å². The van der Waals surface area contributed by atoms with Gasteiger partial charge in [-0.15, -0.1) is 0 Å². The second-order valence-electron chi connectivity index (χ2n) is 9.02. The molecule has 33 heavy (non-hydrogen) atoms. The number of nitrogens with zero attached hydrogens (tertiary/aromatic N) is 1. The summed E-state index contributed by atoms with van der Waals surface area (Å²) in [6.07, 6.45) is 6.17. The van der Waals surface area contributed by atoms with E-state index >= 15 is 0 Å². The van der Waals surface area contributed by atoms with Crippen LogP contribution in [0, 0.1) is 0 Å². The Morgan fingerprint density at radius 2 is 1.73 bits per heavy atom. The monoisotopic (exact) mass is 444 g/mol. The molecule has 1 unspecified atom stereocenters. The number of aromatic nitrogens is 1. The Kier molecular flexibility index (Phi) is 5.62. The van der Waals surface area contributed by atoms with Crippen molar-refractivity contribution >= 4 is 28.7 Å². The third-order valence-electron chi connectivity index (χ3n) is 6.96. The van der Waals surface area contributed by atoms with E-state index in [1.165, 1.54) is 0 Å². The van der Waals surface area contributed by atoms with Crippen LogP contribution in [0.3, 0.4) is 0 Å². The Balaban J connectivity index is 1.31. The average Bonchev–Trinajstić information content (AvgIpc) is 3.36. The van der Waals surface area contributed by atoms with Crippen LogP contribution in [-0.2, 0) is 9.59 Å². The van der Waals surface area contributed by atoms with E-state index < -0.39 is 11.6 Å². The number of carbonyl (C=O) groups is 3. The van der Waals surface area contributed by atoms with Gasteiger partial charge < -0.3 is 15.6 Å². The van der Waals surface area contributed by atoms with Gasteiger partial charge in [-0.05, 0) is 30.0 Å². The van der Waals surface area contributed by atoms with Crippen molar-refractivity contribution in [1.29, 1.82) is 0 Å². The highest BCUT2D eigenvalue weighted by molar-refractivity contribution is 6.09. The molecule has 7 nitrogen and oxygen atoms in total. The van der Waals surface area contributed by atoms with Gasteiger partial charge in [-0.3, -0.25) is 14.5 Å². The van der Waals surface area contributed by atoms with Gasteiger partial charge in [-0.1, -0.05) is 67.8 Å². The van der Waals surface area contributed by atoms with E-state index in [1.54, 1.807) is 0 Å². The van der Waals surface area contributed by atoms with E-state index in [-0.39, 0.29) is 24.3 Å². The van der Waals surface area contributed by atoms with Gasteiger partial charge >= 0.3 is 6.03 Å². The van der Waals surface area contributed by atoms with Gasteiger partial charge in [-0.25, -0.2) is 4.79 Å². The van der Waals surface area contributed by atoms with Gasteiger partial charge in [0, 0.05) is 29.6 Å². The number of hydrogen-bond acceptors (Lipinski definition) is 3. The largest absolute Gasteiger partial charge is 0.361 e. The summed E-state index contributed by atoms with van der Waals surface area (Å²) >= 11 is 0. The number of rotatable bonds is 6. The summed E-state index contributed by atoms with van der Waals surface area (Å²) in [6, 6.07) is 17.6. The summed E-state index contributed by atoms with van der Waals surface area (Å²) in [5, 5.41) is 6.93. The molecule has 7 heteroatoms. The summed E-state index contributed by atoms with van der Waals surface area (Å²) in [6.45, 7) is 0.0985. The normalized spacial score (nSPS) is 18.5. The van der Waals surface area contributed by atoms with Gasteiger partial charge in [0.2, 0.25) is 5.91 Å². The van der Waals surface area contributed by atoms with Gasteiger partial charge in [-0.2, -0.15) is 0 Å². The Labute approximate surface area is 192 Å². The lowest BCUT2D eigenvalue weighted by Gasteiger charge is -2.30. The fourth-order valence-corrected chi connectivity index (χ4v) is 5.20. The molecule has 2 aromatic carbocycles. The first-order valence-corrected chi connectivity index (χ1v) is 11.6. The van der Waals surface area contributed by atoms with Crippen molar-refractivity contribution in [2.24, 2.45) is 0 Å². The number of amides is 4. The second kappa shape index (κ2) is 8.73. The maximum atomic E-state index is 13.0. The van der Waals surface area contributed by atoms with Gasteiger partial charge in [0.15, 0.2) is 0 Å². The van der Waals surface area contributed by atoms with Gasteiger partial charge in [0.25, 0.3) is 5.91 Å². The number of fused-ring (bicyclic) bond motifs is 1. The summed E-state index contributed by atoms with van der Waals surface area (Å²) in [4.78, 5) is 42.7. The summed E-state index contributed by atoms with van der Waals surface area (Å²) < 4.78 is 0.